The summed E-state index contributed by atoms with van der Waals surface area (Å²) in [6, 6.07) is 0. The Bertz CT molecular complexity index is 167. The van der Waals surface area contributed by atoms with Gasteiger partial charge < -0.3 is 10.1 Å². The second-order valence-electron chi connectivity index (χ2n) is 4.97. The third kappa shape index (κ3) is 5.79. The smallest absolute Gasteiger partial charge is 0.0634 e. The van der Waals surface area contributed by atoms with Gasteiger partial charge in [0.1, 0.15) is 0 Å². The summed E-state index contributed by atoms with van der Waals surface area (Å²) in [7, 11) is 1.79. The molecule has 0 atom stereocenters. The van der Waals surface area contributed by atoms with Crippen LogP contribution in [0.4, 0.5) is 0 Å². The van der Waals surface area contributed by atoms with Crippen molar-refractivity contribution in [3.05, 3.63) is 0 Å². The Morgan fingerprint density at radius 1 is 1.33 bits per heavy atom. The summed E-state index contributed by atoms with van der Waals surface area (Å²) in [5.74, 6) is 3.63. The predicted octanol–water partition coefficient (Wildman–Crippen LogP) is 2.53. The average molecular weight is 231 g/mol. The summed E-state index contributed by atoms with van der Waals surface area (Å²) >= 11 is 2.10. The predicted molar refractivity (Wildman–Crippen MR) is 68.6 cm³/mol. The molecule has 90 valence electrons. The highest BCUT2D eigenvalue weighted by Crippen LogP contribution is 2.21. The van der Waals surface area contributed by atoms with Crippen LogP contribution in [0.2, 0.25) is 0 Å². The van der Waals surface area contributed by atoms with Gasteiger partial charge in [-0.15, -0.1) is 0 Å². The number of hydrogen-bond donors (Lipinski definition) is 1. The van der Waals surface area contributed by atoms with Gasteiger partial charge in [0.25, 0.3) is 0 Å². The molecule has 0 radical (unpaired) electrons. The van der Waals surface area contributed by atoms with E-state index in [2.05, 4.69) is 30.9 Å². The van der Waals surface area contributed by atoms with Gasteiger partial charge in [-0.2, -0.15) is 11.8 Å². The monoisotopic (exact) mass is 231 g/mol. The van der Waals surface area contributed by atoms with Crippen molar-refractivity contribution in [2.45, 2.75) is 38.7 Å². The van der Waals surface area contributed by atoms with Crippen molar-refractivity contribution in [3.63, 3.8) is 0 Å². The zero-order chi connectivity index (χ0) is 11.1. The molecule has 1 fully saturated rings. The Morgan fingerprint density at radius 3 is 2.60 bits per heavy atom. The van der Waals surface area contributed by atoms with E-state index in [1.165, 1.54) is 30.9 Å². The number of hydrogen-bond acceptors (Lipinski definition) is 3. The van der Waals surface area contributed by atoms with E-state index in [-0.39, 0.29) is 5.60 Å². The number of ether oxygens (including phenoxy) is 1. The number of thioether (sulfide) groups is 1. The molecular formula is C12H25NOS. The molecule has 0 amide bonds. The van der Waals surface area contributed by atoms with E-state index in [4.69, 9.17) is 4.74 Å². The van der Waals surface area contributed by atoms with Crippen molar-refractivity contribution < 1.29 is 4.74 Å². The maximum absolute atomic E-state index is 5.39. The molecule has 1 rings (SSSR count). The number of nitrogens with one attached hydrogen (secondary N) is 1. The van der Waals surface area contributed by atoms with E-state index in [0.29, 0.717) is 0 Å². The highest BCUT2D eigenvalue weighted by molar-refractivity contribution is 7.99. The Hall–Kier alpha value is 0.270. The molecule has 0 aromatic rings. The van der Waals surface area contributed by atoms with Gasteiger partial charge in [0.15, 0.2) is 0 Å². The summed E-state index contributed by atoms with van der Waals surface area (Å²) in [6.07, 6.45) is 3.88. The molecule has 0 aromatic heterocycles. The first-order valence-corrected chi connectivity index (χ1v) is 7.13. The first-order chi connectivity index (χ1) is 7.14. The van der Waals surface area contributed by atoms with Crippen molar-refractivity contribution in [3.8, 4) is 0 Å². The Labute approximate surface area is 98.5 Å². The number of methoxy groups -OCH3 is 1. The second kappa shape index (κ2) is 6.77. The molecule has 0 unspecified atom stereocenters. The van der Waals surface area contributed by atoms with Crippen LogP contribution in [0.25, 0.3) is 0 Å². The van der Waals surface area contributed by atoms with Gasteiger partial charge in [0.2, 0.25) is 0 Å². The summed E-state index contributed by atoms with van der Waals surface area (Å²) in [5.41, 5.74) is 0.0232. The van der Waals surface area contributed by atoms with E-state index >= 15 is 0 Å². The lowest BCUT2D eigenvalue weighted by molar-refractivity contribution is 0.0157. The maximum atomic E-state index is 5.39. The Morgan fingerprint density at radius 2 is 2.00 bits per heavy atom. The fourth-order valence-corrected chi connectivity index (χ4v) is 2.95. The number of rotatable bonds is 6. The van der Waals surface area contributed by atoms with Crippen molar-refractivity contribution in [2.24, 2.45) is 5.92 Å². The van der Waals surface area contributed by atoms with Crippen LogP contribution in [0.3, 0.4) is 0 Å². The largest absolute Gasteiger partial charge is 0.379 e. The summed E-state index contributed by atoms with van der Waals surface area (Å²) in [6.45, 7) is 6.56. The van der Waals surface area contributed by atoms with Crippen molar-refractivity contribution >= 4 is 11.8 Å². The average Bonchev–Trinajstić information content (AvgIpc) is 2.26. The van der Waals surface area contributed by atoms with E-state index in [9.17, 15) is 0 Å². The van der Waals surface area contributed by atoms with Gasteiger partial charge in [-0.3, -0.25) is 0 Å². The maximum Gasteiger partial charge on any atom is 0.0634 e. The van der Waals surface area contributed by atoms with Crippen LogP contribution in [0.5, 0.6) is 0 Å². The molecule has 0 spiro atoms. The Balaban J connectivity index is 2.00. The van der Waals surface area contributed by atoms with Gasteiger partial charge in [0, 0.05) is 7.11 Å². The molecule has 0 saturated carbocycles. The van der Waals surface area contributed by atoms with Crippen LogP contribution in [0, 0.1) is 5.92 Å². The zero-order valence-corrected chi connectivity index (χ0v) is 11.2. The molecule has 1 aliphatic rings. The minimum Gasteiger partial charge on any atom is -0.379 e. The molecule has 1 saturated heterocycles. The molecule has 1 N–H and O–H groups in total. The molecule has 1 aliphatic heterocycles. The van der Waals surface area contributed by atoms with Gasteiger partial charge in [-0.05, 0) is 63.6 Å². The summed E-state index contributed by atoms with van der Waals surface area (Å²) < 4.78 is 5.39. The van der Waals surface area contributed by atoms with Gasteiger partial charge in [-0.25, -0.2) is 0 Å². The standard InChI is InChI=1S/C12H25NOS/c1-12(2,14-3)6-7-13-10-11-4-8-15-9-5-11/h11,13H,4-10H2,1-3H3. The topological polar surface area (TPSA) is 21.3 Å². The molecule has 0 aliphatic carbocycles. The molecule has 0 aromatic carbocycles. The summed E-state index contributed by atoms with van der Waals surface area (Å²) in [5, 5.41) is 3.56. The van der Waals surface area contributed by atoms with Crippen LogP contribution >= 0.6 is 11.8 Å². The molecular weight excluding hydrogens is 206 g/mol. The van der Waals surface area contributed by atoms with E-state index < -0.39 is 0 Å². The van der Waals surface area contributed by atoms with Crippen LogP contribution in [-0.2, 0) is 4.74 Å². The lowest BCUT2D eigenvalue weighted by atomic mass is 10.0. The lowest BCUT2D eigenvalue weighted by Crippen LogP contribution is -2.32. The van der Waals surface area contributed by atoms with E-state index in [1.54, 1.807) is 7.11 Å². The first-order valence-electron chi connectivity index (χ1n) is 5.98. The highest BCUT2D eigenvalue weighted by atomic mass is 32.2. The van der Waals surface area contributed by atoms with Crippen LogP contribution in [0.15, 0.2) is 0 Å². The first kappa shape index (κ1) is 13.3. The minimum absolute atomic E-state index is 0.0232. The molecule has 2 nitrogen and oxygen atoms in total. The highest BCUT2D eigenvalue weighted by Gasteiger charge is 2.16. The van der Waals surface area contributed by atoms with Gasteiger partial charge in [0.05, 0.1) is 5.60 Å². The summed E-state index contributed by atoms with van der Waals surface area (Å²) in [4.78, 5) is 0. The zero-order valence-electron chi connectivity index (χ0n) is 10.3. The van der Waals surface area contributed by atoms with Gasteiger partial charge >= 0.3 is 0 Å². The SMILES string of the molecule is COC(C)(C)CCNCC1CCSCC1. The van der Waals surface area contributed by atoms with Crippen LogP contribution in [-0.4, -0.2) is 37.3 Å². The normalized spacial score (nSPS) is 19.4. The Kier molecular flexibility index (Phi) is 6.02. The van der Waals surface area contributed by atoms with Gasteiger partial charge in [-0.1, -0.05) is 0 Å². The quantitative estimate of drug-likeness (QED) is 0.710. The van der Waals surface area contributed by atoms with E-state index in [1.807, 2.05) is 0 Å². The van der Waals surface area contributed by atoms with Crippen molar-refractivity contribution in [1.82, 2.24) is 5.32 Å². The van der Waals surface area contributed by atoms with E-state index in [0.717, 1.165) is 18.9 Å². The second-order valence-corrected chi connectivity index (χ2v) is 6.20. The molecule has 1 heterocycles. The third-order valence-corrected chi connectivity index (χ3v) is 4.28. The molecule has 3 heteroatoms. The van der Waals surface area contributed by atoms with Crippen molar-refractivity contribution in [1.29, 1.82) is 0 Å². The van der Waals surface area contributed by atoms with Crippen molar-refractivity contribution in [2.75, 3.05) is 31.7 Å². The van der Waals surface area contributed by atoms with Crippen LogP contribution in [0.1, 0.15) is 33.1 Å². The minimum atomic E-state index is 0.0232. The third-order valence-electron chi connectivity index (χ3n) is 3.23. The lowest BCUT2D eigenvalue weighted by Gasteiger charge is -2.25. The molecule has 15 heavy (non-hydrogen) atoms. The van der Waals surface area contributed by atoms with Crippen LogP contribution < -0.4 is 5.32 Å². The fourth-order valence-electron chi connectivity index (χ4n) is 1.75. The fraction of sp³-hybridized carbons (Fsp3) is 1.00. The molecule has 0 bridgehead atoms.